The highest BCUT2D eigenvalue weighted by atomic mass is 35.5. The van der Waals surface area contributed by atoms with Crippen LogP contribution in [0.15, 0.2) is 0 Å². The zero-order valence-corrected chi connectivity index (χ0v) is 6.64. The van der Waals surface area contributed by atoms with E-state index >= 15 is 0 Å². The van der Waals surface area contributed by atoms with Crippen molar-refractivity contribution in [3.8, 4) is 0 Å². The largest absolute Gasteiger partial charge is 0.465 e. The van der Waals surface area contributed by atoms with Gasteiger partial charge in [0.05, 0.1) is 6.61 Å². The van der Waals surface area contributed by atoms with Gasteiger partial charge in [0, 0.05) is 0 Å². The Morgan fingerprint density at radius 1 is 1.60 bits per heavy atom. The Kier molecular flexibility index (Phi) is 4.03. The molecular formula is C6H9ClO3. The van der Waals surface area contributed by atoms with Crippen LogP contribution in [0.5, 0.6) is 0 Å². The molecule has 0 aliphatic heterocycles. The summed E-state index contributed by atoms with van der Waals surface area (Å²) < 4.78 is 4.52. The molecule has 58 valence electrons. The van der Waals surface area contributed by atoms with E-state index in [1.807, 2.05) is 0 Å². The summed E-state index contributed by atoms with van der Waals surface area (Å²) in [5.74, 6) is -1.41. The number of carbonyl (C=O) groups is 2. The van der Waals surface area contributed by atoms with E-state index in [0.29, 0.717) is 0 Å². The molecule has 0 fully saturated rings. The van der Waals surface area contributed by atoms with Crippen molar-refractivity contribution in [2.45, 2.75) is 13.8 Å². The smallest absolute Gasteiger partial charge is 0.317 e. The van der Waals surface area contributed by atoms with Gasteiger partial charge in [-0.25, -0.2) is 0 Å². The highest BCUT2D eigenvalue weighted by molar-refractivity contribution is 6.65. The van der Waals surface area contributed by atoms with Gasteiger partial charge in [-0.3, -0.25) is 9.59 Å². The average Bonchev–Trinajstić information content (AvgIpc) is 1.87. The number of halogens is 1. The number of hydrogen-bond donors (Lipinski definition) is 0. The molecule has 0 rings (SSSR count). The monoisotopic (exact) mass is 164 g/mol. The molecule has 1 atom stereocenters. The van der Waals surface area contributed by atoms with Gasteiger partial charge in [0.15, 0.2) is 0 Å². The molecule has 0 N–H and O–H groups in total. The molecule has 3 nitrogen and oxygen atoms in total. The number of rotatable bonds is 3. The van der Waals surface area contributed by atoms with Crippen LogP contribution in [-0.4, -0.2) is 17.8 Å². The first-order valence-corrected chi connectivity index (χ1v) is 3.33. The fraction of sp³-hybridized carbons (Fsp3) is 0.667. The summed E-state index contributed by atoms with van der Waals surface area (Å²) in [6.07, 6.45) is 0. The normalized spacial score (nSPS) is 12.3. The van der Waals surface area contributed by atoms with Gasteiger partial charge >= 0.3 is 5.97 Å². The topological polar surface area (TPSA) is 43.4 Å². The van der Waals surface area contributed by atoms with Crippen molar-refractivity contribution in [2.24, 2.45) is 5.92 Å². The second kappa shape index (κ2) is 4.28. The van der Waals surface area contributed by atoms with Crippen LogP contribution in [0.2, 0.25) is 0 Å². The standard InChI is InChI=1S/C6H9ClO3/c1-3-10-6(9)4(2)5(7)8/h4H,3H2,1-2H3/t4-/m0/s1. The highest BCUT2D eigenvalue weighted by Gasteiger charge is 2.19. The average molecular weight is 165 g/mol. The van der Waals surface area contributed by atoms with Gasteiger partial charge < -0.3 is 4.74 Å². The van der Waals surface area contributed by atoms with Crippen molar-refractivity contribution in [1.29, 1.82) is 0 Å². The molecule has 0 aromatic heterocycles. The lowest BCUT2D eigenvalue weighted by atomic mass is 10.2. The van der Waals surface area contributed by atoms with E-state index in [-0.39, 0.29) is 6.61 Å². The van der Waals surface area contributed by atoms with Gasteiger partial charge in [0.25, 0.3) is 0 Å². The Labute approximate surface area is 64.3 Å². The molecular weight excluding hydrogens is 156 g/mol. The molecule has 0 heterocycles. The SMILES string of the molecule is CCOC(=O)[C@@H](C)C(=O)Cl. The third-order valence-corrected chi connectivity index (χ3v) is 1.31. The first kappa shape index (κ1) is 9.43. The lowest BCUT2D eigenvalue weighted by Gasteiger charge is -2.03. The van der Waals surface area contributed by atoms with Gasteiger partial charge in [-0.1, -0.05) is 0 Å². The summed E-state index contributed by atoms with van der Waals surface area (Å²) in [6, 6.07) is 0. The minimum absolute atomic E-state index is 0.271. The number of hydrogen-bond acceptors (Lipinski definition) is 3. The molecule has 0 aromatic rings. The van der Waals surface area contributed by atoms with E-state index in [4.69, 9.17) is 11.6 Å². The van der Waals surface area contributed by atoms with Crippen LogP contribution >= 0.6 is 11.6 Å². The molecule has 4 heteroatoms. The van der Waals surface area contributed by atoms with Crippen molar-refractivity contribution in [3.05, 3.63) is 0 Å². The van der Waals surface area contributed by atoms with E-state index in [1.165, 1.54) is 6.92 Å². The quantitative estimate of drug-likeness (QED) is 0.354. The minimum Gasteiger partial charge on any atom is -0.465 e. The molecule has 0 aromatic carbocycles. The van der Waals surface area contributed by atoms with Gasteiger partial charge in [-0.15, -0.1) is 0 Å². The maximum atomic E-state index is 10.7. The molecule has 0 radical (unpaired) electrons. The van der Waals surface area contributed by atoms with E-state index < -0.39 is 17.1 Å². The Bertz CT molecular complexity index is 144. The second-order valence-corrected chi connectivity index (χ2v) is 2.15. The van der Waals surface area contributed by atoms with Crippen LogP contribution in [0, 0.1) is 5.92 Å². The summed E-state index contributed by atoms with van der Waals surface area (Å²) in [4.78, 5) is 21.0. The van der Waals surface area contributed by atoms with E-state index in [0.717, 1.165) is 0 Å². The van der Waals surface area contributed by atoms with Crippen molar-refractivity contribution < 1.29 is 14.3 Å². The van der Waals surface area contributed by atoms with Crippen LogP contribution in [0.1, 0.15) is 13.8 Å². The molecule has 10 heavy (non-hydrogen) atoms. The molecule has 0 bridgehead atoms. The molecule has 0 unspecified atom stereocenters. The predicted octanol–water partition coefficient (Wildman–Crippen LogP) is 0.951. The summed E-state index contributed by atoms with van der Waals surface area (Å²) in [7, 11) is 0. The van der Waals surface area contributed by atoms with Gasteiger partial charge in [-0.05, 0) is 25.4 Å². The van der Waals surface area contributed by atoms with Gasteiger partial charge in [-0.2, -0.15) is 0 Å². The van der Waals surface area contributed by atoms with Crippen molar-refractivity contribution in [1.82, 2.24) is 0 Å². The predicted molar refractivity (Wildman–Crippen MR) is 36.7 cm³/mol. The maximum Gasteiger partial charge on any atom is 0.317 e. The van der Waals surface area contributed by atoms with Crippen LogP contribution in [0.25, 0.3) is 0 Å². The maximum absolute atomic E-state index is 10.7. The third kappa shape index (κ3) is 2.82. The van der Waals surface area contributed by atoms with E-state index in [2.05, 4.69) is 4.74 Å². The lowest BCUT2D eigenvalue weighted by Crippen LogP contribution is -2.19. The molecule has 0 aliphatic rings. The van der Waals surface area contributed by atoms with Crippen LogP contribution in [0.4, 0.5) is 0 Å². The Hall–Kier alpha value is -0.570. The minimum atomic E-state index is -0.846. The molecule has 0 amide bonds. The van der Waals surface area contributed by atoms with Crippen molar-refractivity contribution in [2.75, 3.05) is 6.61 Å². The number of ether oxygens (including phenoxy) is 1. The van der Waals surface area contributed by atoms with E-state index in [1.54, 1.807) is 6.92 Å². The fourth-order valence-electron chi connectivity index (χ4n) is 0.360. The zero-order valence-electron chi connectivity index (χ0n) is 5.89. The third-order valence-electron chi connectivity index (χ3n) is 0.981. The first-order chi connectivity index (χ1) is 4.59. The zero-order chi connectivity index (χ0) is 8.15. The second-order valence-electron chi connectivity index (χ2n) is 1.78. The fourth-order valence-corrected chi connectivity index (χ4v) is 0.449. The molecule has 0 saturated carbocycles. The Morgan fingerprint density at radius 2 is 2.10 bits per heavy atom. The van der Waals surface area contributed by atoms with Gasteiger partial charge in [0.2, 0.25) is 5.24 Å². The highest BCUT2D eigenvalue weighted by Crippen LogP contribution is 2.02. The molecule has 0 spiro atoms. The van der Waals surface area contributed by atoms with Crippen LogP contribution < -0.4 is 0 Å². The first-order valence-electron chi connectivity index (χ1n) is 2.95. The number of esters is 1. The lowest BCUT2D eigenvalue weighted by molar-refractivity contribution is -0.149. The van der Waals surface area contributed by atoms with Crippen LogP contribution in [0.3, 0.4) is 0 Å². The van der Waals surface area contributed by atoms with Crippen molar-refractivity contribution >= 4 is 22.8 Å². The summed E-state index contributed by atoms with van der Waals surface area (Å²) in [5, 5.41) is -0.682. The van der Waals surface area contributed by atoms with E-state index in [9.17, 15) is 9.59 Å². The summed E-state index contributed by atoms with van der Waals surface area (Å²) in [6.45, 7) is 3.35. The number of carbonyl (C=O) groups excluding carboxylic acids is 2. The Morgan fingerprint density at radius 3 is 2.40 bits per heavy atom. The molecule has 0 saturated heterocycles. The molecule has 0 aliphatic carbocycles. The van der Waals surface area contributed by atoms with Crippen LogP contribution in [-0.2, 0) is 14.3 Å². The summed E-state index contributed by atoms with van der Waals surface area (Å²) in [5.41, 5.74) is 0. The summed E-state index contributed by atoms with van der Waals surface area (Å²) >= 11 is 5.02. The Balaban J connectivity index is 3.82. The van der Waals surface area contributed by atoms with Crippen molar-refractivity contribution in [3.63, 3.8) is 0 Å². The van der Waals surface area contributed by atoms with Gasteiger partial charge in [0.1, 0.15) is 5.92 Å².